The molecule has 0 aliphatic heterocycles. The zero-order chi connectivity index (χ0) is 15.6. The van der Waals surface area contributed by atoms with Gasteiger partial charge < -0.3 is 9.84 Å². The molecule has 116 valence electrons. The Bertz CT molecular complexity index is 641. The summed E-state index contributed by atoms with van der Waals surface area (Å²) in [6.45, 7) is 1.50. The number of carboxylic acids is 1. The van der Waals surface area contributed by atoms with Gasteiger partial charge in [0.1, 0.15) is 0 Å². The van der Waals surface area contributed by atoms with E-state index in [1.807, 2.05) is 0 Å². The molecule has 0 spiro atoms. The predicted molar refractivity (Wildman–Crippen MR) is 76.9 cm³/mol. The maximum atomic E-state index is 12.4. The number of methoxy groups -OCH3 is 1. The van der Waals surface area contributed by atoms with E-state index in [1.165, 1.54) is 25.1 Å². The summed E-state index contributed by atoms with van der Waals surface area (Å²) < 4.78 is 32.7. The molecule has 2 unspecified atom stereocenters. The van der Waals surface area contributed by atoms with Crippen LogP contribution in [-0.4, -0.2) is 38.7 Å². The normalized spacial score (nSPS) is 22.4. The average molecular weight is 313 g/mol. The molecule has 2 atom stereocenters. The molecule has 21 heavy (non-hydrogen) atoms. The number of hydrogen-bond acceptors (Lipinski definition) is 4. The molecule has 0 bridgehead atoms. The number of benzene rings is 1. The van der Waals surface area contributed by atoms with Crippen molar-refractivity contribution in [2.24, 2.45) is 0 Å². The largest absolute Gasteiger partial charge is 0.478 e. The molecule has 0 heterocycles. The topological polar surface area (TPSA) is 92.7 Å². The van der Waals surface area contributed by atoms with Gasteiger partial charge in [0.05, 0.1) is 16.6 Å². The smallest absolute Gasteiger partial charge is 0.335 e. The van der Waals surface area contributed by atoms with Crippen molar-refractivity contribution in [2.75, 3.05) is 7.11 Å². The van der Waals surface area contributed by atoms with Crippen LogP contribution in [0.15, 0.2) is 23.1 Å². The van der Waals surface area contributed by atoms with Crippen LogP contribution in [0.25, 0.3) is 0 Å². The summed E-state index contributed by atoms with van der Waals surface area (Å²) in [5.41, 5.74) is 0.248. The molecule has 1 saturated carbocycles. The fourth-order valence-corrected chi connectivity index (χ4v) is 4.23. The Kier molecular flexibility index (Phi) is 4.65. The number of hydrogen-bond donors (Lipinski definition) is 2. The van der Waals surface area contributed by atoms with Gasteiger partial charge in [-0.15, -0.1) is 0 Å². The van der Waals surface area contributed by atoms with E-state index in [0.717, 1.165) is 12.8 Å². The molecule has 0 saturated heterocycles. The minimum Gasteiger partial charge on any atom is -0.478 e. The highest BCUT2D eigenvalue weighted by Crippen LogP contribution is 2.25. The first-order valence-corrected chi connectivity index (χ1v) is 8.21. The molecule has 2 rings (SSSR count). The standard InChI is InChI=1S/C14H19NO5S/c1-9-12(14(16)17)4-3-5-13(9)21(18,19)15-10-6-7-11(8-10)20-2/h3-5,10-11,15H,6-8H2,1-2H3,(H,16,17). The van der Waals surface area contributed by atoms with Crippen molar-refractivity contribution in [1.82, 2.24) is 4.72 Å². The summed E-state index contributed by atoms with van der Waals surface area (Å²) in [6.07, 6.45) is 2.24. The summed E-state index contributed by atoms with van der Waals surface area (Å²) in [7, 11) is -2.12. The molecule has 0 radical (unpaired) electrons. The van der Waals surface area contributed by atoms with Crippen molar-refractivity contribution in [3.8, 4) is 0 Å². The second kappa shape index (κ2) is 6.13. The van der Waals surface area contributed by atoms with Gasteiger partial charge in [-0.2, -0.15) is 0 Å². The lowest BCUT2D eigenvalue weighted by molar-refractivity contribution is 0.0695. The molecule has 6 nitrogen and oxygen atoms in total. The number of carbonyl (C=O) groups is 1. The van der Waals surface area contributed by atoms with Crippen molar-refractivity contribution in [1.29, 1.82) is 0 Å². The molecular weight excluding hydrogens is 294 g/mol. The third-order valence-corrected chi connectivity index (χ3v) is 5.51. The summed E-state index contributed by atoms with van der Waals surface area (Å²) in [6, 6.07) is 4.09. The van der Waals surface area contributed by atoms with Crippen LogP contribution >= 0.6 is 0 Å². The van der Waals surface area contributed by atoms with E-state index >= 15 is 0 Å². The van der Waals surface area contributed by atoms with Gasteiger partial charge in [0.25, 0.3) is 0 Å². The van der Waals surface area contributed by atoms with E-state index in [4.69, 9.17) is 9.84 Å². The summed E-state index contributed by atoms with van der Waals surface area (Å²) in [4.78, 5) is 11.1. The first kappa shape index (κ1) is 15.9. The molecule has 1 fully saturated rings. The Balaban J connectivity index is 2.24. The zero-order valence-corrected chi connectivity index (χ0v) is 12.8. The second-order valence-electron chi connectivity index (χ2n) is 5.22. The lowest BCUT2D eigenvalue weighted by Crippen LogP contribution is -2.34. The van der Waals surface area contributed by atoms with E-state index in [9.17, 15) is 13.2 Å². The van der Waals surface area contributed by atoms with Crippen molar-refractivity contribution in [3.05, 3.63) is 29.3 Å². The summed E-state index contributed by atoms with van der Waals surface area (Å²) >= 11 is 0. The van der Waals surface area contributed by atoms with Gasteiger partial charge in [0.15, 0.2) is 0 Å². The van der Waals surface area contributed by atoms with Crippen LogP contribution in [-0.2, 0) is 14.8 Å². The van der Waals surface area contributed by atoms with Gasteiger partial charge in [-0.25, -0.2) is 17.9 Å². The number of rotatable bonds is 5. The Morgan fingerprint density at radius 2 is 2.10 bits per heavy atom. The number of nitrogens with one attached hydrogen (secondary N) is 1. The van der Waals surface area contributed by atoms with Crippen molar-refractivity contribution >= 4 is 16.0 Å². The summed E-state index contributed by atoms with van der Waals surface area (Å²) in [5.74, 6) is -1.13. The number of ether oxygens (including phenoxy) is 1. The quantitative estimate of drug-likeness (QED) is 0.860. The van der Waals surface area contributed by atoms with Crippen LogP contribution in [0.1, 0.15) is 35.2 Å². The van der Waals surface area contributed by atoms with Crippen LogP contribution in [0.2, 0.25) is 0 Å². The Labute approximate surface area is 124 Å². The Morgan fingerprint density at radius 1 is 1.38 bits per heavy atom. The van der Waals surface area contributed by atoms with E-state index in [-0.39, 0.29) is 28.2 Å². The fraction of sp³-hybridized carbons (Fsp3) is 0.500. The molecule has 1 aliphatic carbocycles. The highest BCUT2D eigenvalue weighted by atomic mass is 32.2. The van der Waals surface area contributed by atoms with E-state index in [0.29, 0.717) is 6.42 Å². The van der Waals surface area contributed by atoms with Crippen LogP contribution in [0.4, 0.5) is 0 Å². The minimum absolute atomic E-state index is 0.000866. The first-order valence-electron chi connectivity index (χ1n) is 6.73. The Morgan fingerprint density at radius 3 is 2.67 bits per heavy atom. The number of carboxylic acid groups (broad SMARTS) is 1. The Hall–Kier alpha value is -1.44. The zero-order valence-electron chi connectivity index (χ0n) is 12.0. The average Bonchev–Trinajstić information content (AvgIpc) is 2.85. The molecule has 0 aromatic heterocycles. The SMILES string of the molecule is COC1CCC(NS(=O)(=O)c2cccc(C(=O)O)c2C)C1. The first-order chi connectivity index (χ1) is 9.85. The fourth-order valence-electron chi connectivity index (χ4n) is 2.68. The second-order valence-corrected chi connectivity index (χ2v) is 6.91. The highest BCUT2D eigenvalue weighted by molar-refractivity contribution is 7.89. The lowest BCUT2D eigenvalue weighted by atomic mass is 10.1. The van der Waals surface area contributed by atoms with Crippen molar-refractivity contribution < 1.29 is 23.1 Å². The molecule has 1 aliphatic rings. The monoisotopic (exact) mass is 313 g/mol. The van der Waals surface area contributed by atoms with Crippen molar-refractivity contribution in [3.63, 3.8) is 0 Å². The van der Waals surface area contributed by atoms with Crippen LogP contribution in [0.3, 0.4) is 0 Å². The van der Waals surface area contributed by atoms with Crippen LogP contribution < -0.4 is 4.72 Å². The van der Waals surface area contributed by atoms with Gasteiger partial charge in [-0.05, 0) is 43.9 Å². The van der Waals surface area contributed by atoms with Gasteiger partial charge in [-0.3, -0.25) is 0 Å². The van der Waals surface area contributed by atoms with Gasteiger partial charge in [0.2, 0.25) is 10.0 Å². The molecule has 1 aromatic rings. The van der Waals surface area contributed by atoms with Gasteiger partial charge >= 0.3 is 5.97 Å². The minimum atomic E-state index is -3.73. The van der Waals surface area contributed by atoms with E-state index in [2.05, 4.69) is 4.72 Å². The van der Waals surface area contributed by atoms with Gasteiger partial charge in [0, 0.05) is 13.2 Å². The third-order valence-electron chi connectivity index (χ3n) is 3.84. The van der Waals surface area contributed by atoms with Crippen molar-refractivity contribution in [2.45, 2.75) is 43.2 Å². The predicted octanol–water partition coefficient (Wildman–Crippen LogP) is 1.54. The molecule has 7 heteroatoms. The summed E-state index contributed by atoms with van der Waals surface area (Å²) in [5, 5.41) is 9.07. The van der Waals surface area contributed by atoms with Gasteiger partial charge in [-0.1, -0.05) is 6.07 Å². The molecule has 2 N–H and O–H groups in total. The van der Waals surface area contributed by atoms with Crippen LogP contribution in [0, 0.1) is 6.92 Å². The van der Waals surface area contributed by atoms with Crippen LogP contribution in [0.5, 0.6) is 0 Å². The lowest BCUT2D eigenvalue weighted by Gasteiger charge is -2.15. The number of aromatic carboxylic acids is 1. The molecule has 0 amide bonds. The van der Waals surface area contributed by atoms with E-state index < -0.39 is 16.0 Å². The maximum absolute atomic E-state index is 12.4. The molecule has 1 aromatic carbocycles. The molecular formula is C14H19NO5S. The highest BCUT2D eigenvalue weighted by Gasteiger charge is 2.29. The maximum Gasteiger partial charge on any atom is 0.335 e. The van der Waals surface area contributed by atoms with E-state index in [1.54, 1.807) is 7.11 Å². The number of sulfonamides is 1. The third kappa shape index (κ3) is 3.42.